The maximum atomic E-state index is 10.2. The lowest BCUT2D eigenvalue weighted by molar-refractivity contribution is -0.0456. The maximum absolute atomic E-state index is 10.2. The van der Waals surface area contributed by atoms with Crippen LogP contribution in [0.5, 0.6) is 0 Å². The lowest BCUT2D eigenvalue weighted by Gasteiger charge is -2.58. The molecule has 0 unspecified atom stereocenters. The van der Waals surface area contributed by atoms with Gasteiger partial charge in [0.05, 0.1) is 6.10 Å². The van der Waals surface area contributed by atoms with E-state index in [0.717, 1.165) is 36.5 Å². The lowest BCUT2D eigenvalue weighted by atomic mass is 9.47. The Balaban J connectivity index is 1.49. The second-order valence-corrected chi connectivity index (χ2v) is 12.0. The summed E-state index contributed by atoms with van der Waals surface area (Å²) in [6.45, 7) is 16.7. The predicted molar refractivity (Wildman–Crippen MR) is 128 cm³/mol. The van der Waals surface area contributed by atoms with Gasteiger partial charge in [-0.15, -0.1) is 0 Å². The Morgan fingerprint density at radius 2 is 1.90 bits per heavy atom. The Hall–Kier alpha value is -0.820. The number of rotatable bonds is 5. The molecule has 0 aromatic carbocycles. The number of fused-ring (bicyclic) bond motifs is 5. The average Bonchev–Trinajstić information content (AvgIpc) is 3.06. The number of hydrogen-bond acceptors (Lipinski definition) is 1. The molecule has 4 rings (SSSR count). The molecule has 0 aromatic rings. The van der Waals surface area contributed by atoms with Crippen molar-refractivity contribution in [3.63, 3.8) is 0 Å². The minimum absolute atomic E-state index is 0.0955. The Kier molecular flexibility index (Phi) is 6.17. The molecule has 4 aliphatic carbocycles. The van der Waals surface area contributed by atoms with Gasteiger partial charge in [0.2, 0.25) is 0 Å². The van der Waals surface area contributed by atoms with Gasteiger partial charge < -0.3 is 5.11 Å². The van der Waals surface area contributed by atoms with E-state index < -0.39 is 0 Å². The third-order valence-electron chi connectivity index (χ3n) is 10.4. The third kappa shape index (κ3) is 3.58. The summed E-state index contributed by atoms with van der Waals surface area (Å²) in [7, 11) is 0. The van der Waals surface area contributed by atoms with E-state index >= 15 is 0 Å². The van der Waals surface area contributed by atoms with E-state index in [1.165, 1.54) is 56.9 Å². The highest BCUT2D eigenvalue weighted by Crippen LogP contribution is 2.67. The largest absolute Gasteiger partial charge is 0.393 e. The minimum Gasteiger partial charge on any atom is -0.393 e. The first-order chi connectivity index (χ1) is 14.2. The van der Waals surface area contributed by atoms with Crippen LogP contribution in [0.15, 0.2) is 35.5 Å². The number of hydrogen-bond donors (Lipinski definition) is 1. The molecule has 0 aromatic heterocycles. The minimum atomic E-state index is -0.0955. The molecule has 0 saturated heterocycles. The van der Waals surface area contributed by atoms with E-state index in [4.69, 9.17) is 0 Å². The molecule has 1 heteroatoms. The molecular formula is C29H46O. The van der Waals surface area contributed by atoms with Crippen molar-refractivity contribution in [3.8, 4) is 0 Å². The van der Waals surface area contributed by atoms with Gasteiger partial charge in [0.25, 0.3) is 0 Å². The normalized spacial score (nSPS) is 43.6. The van der Waals surface area contributed by atoms with Gasteiger partial charge in [0.1, 0.15) is 0 Å². The molecule has 0 radical (unpaired) electrons. The third-order valence-corrected chi connectivity index (χ3v) is 10.4. The van der Waals surface area contributed by atoms with Gasteiger partial charge in [-0.3, -0.25) is 0 Å². The van der Waals surface area contributed by atoms with Crippen LogP contribution in [-0.2, 0) is 0 Å². The van der Waals surface area contributed by atoms with Gasteiger partial charge in [0.15, 0.2) is 0 Å². The molecule has 1 N–H and O–H groups in total. The molecule has 4 aliphatic rings. The molecule has 0 heterocycles. The van der Waals surface area contributed by atoms with Crippen LogP contribution < -0.4 is 0 Å². The molecule has 0 bridgehead atoms. The van der Waals surface area contributed by atoms with Crippen LogP contribution in [0.4, 0.5) is 0 Å². The zero-order valence-corrected chi connectivity index (χ0v) is 20.3. The molecule has 1 nitrogen and oxygen atoms in total. The molecule has 0 spiro atoms. The molecule has 30 heavy (non-hydrogen) atoms. The second kappa shape index (κ2) is 8.27. The second-order valence-electron chi connectivity index (χ2n) is 12.0. The summed E-state index contributed by atoms with van der Waals surface area (Å²) in [4.78, 5) is 0. The quantitative estimate of drug-likeness (QED) is 0.457. The SMILES string of the molecule is C=C(CCC(=CC)C(C)C)[C@H]1CC[C@H]2[C@@H]3CC=C4C[C@@H](O)CC[C@]4(C)[C@H]3CC[C@]12C. The smallest absolute Gasteiger partial charge is 0.0577 e. The van der Waals surface area contributed by atoms with Crippen LogP contribution in [0.1, 0.15) is 98.8 Å². The van der Waals surface area contributed by atoms with Crippen LogP contribution in [0.3, 0.4) is 0 Å². The van der Waals surface area contributed by atoms with Crippen LogP contribution in [0, 0.1) is 40.4 Å². The monoisotopic (exact) mass is 410 g/mol. The van der Waals surface area contributed by atoms with Gasteiger partial charge in [-0.2, -0.15) is 0 Å². The standard InChI is InChI=1S/C29H46O/c1-7-21(19(2)3)9-8-20(4)25-12-13-26-24-11-10-22-18-23(30)14-16-28(22,5)27(24)15-17-29(25,26)6/h7,10,19,23-27,30H,4,8-9,11-18H2,1-3,5-6H3/t23-,24-,25+,26-,27-,28-,29+/m0/s1. The summed E-state index contributed by atoms with van der Waals surface area (Å²) in [5.41, 5.74) is 5.55. The van der Waals surface area contributed by atoms with E-state index in [9.17, 15) is 5.11 Å². The van der Waals surface area contributed by atoms with E-state index in [1.807, 2.05) is 0 Å². The highest BCUT2D eigenvalue weighted by atomic mass is 16.3. The van der Waals surface area contributed by atoms with Crippen molar-refractivity contribution in [2.24, 2.45) is 40.4 Å². The first-order valence-corrected chi connectivity index (χ1v) is 12.9. The average molecular weight is 411 g/mol. The first-order valence-electron chi connectivity index (χ1n) is 12.9. The van der Waals surface area contributed by atoms with Gasteiger partial charge >= 0.3 is 0 Å². The Morgan fingerprint density at radius 1 is 1.13 bits per heavy atom. The van der Waals surface area contributed by atoms with Crippen molar-refractivity contribution in [1.82, 2.24) is 0 Å². The molecule has 0 amide bonds. The van der Waals surface area contributed by atoms with Crippen molar-refractivity contribution < 1.29 is 5.11 Å². The van der Waals surface area contributed by atoms with Crippen LogP contribution in [0.2, 0.25) is 0 Å². The summed E-state index contributed by atoms with van der Waals surface area (Å²) in [6.07, 6.45) is 17.1. The number of aliphatic hydroxyl groups is 1. The van der Waals surface area contributed by atoms with Crippen molar-refractivity contribution >= 4 is 0 Å². The zero-order chi connectivity index (χ0) is 21.7. The fourth-order valence-corrected chi connectivity index (χ4v) is 8.56. The van der Waals surface area contributed by atoms with Gasteiger partial charge in [-0.05, 0) is 112 Å². The lowest BCUT2D eigenvalue weighted by Crippen LogP contribution is -2.50. The summed E-state index contributed by atoms with van der Waals surface area (Å²) in [5, 5.41) is 10.2. The Labute approximate surface area is 186 Å². The number of allylic oxidation sites excluding steroid dienone is 4. The zero-order valence-electron chi connectivity index (χ0n) is 20.3. The van der Waals surface area contributed by atoms with Crippen molar-refractivity contribution in [3.05, 3.63) is 35.5 Å². The summed E-state index contributed by atoms with van der Waals surface area (Å²) >= 11 is 0. The summed E-state index contributed by atoms with van der Waals surface area (Å²) in [5.74, 6) is 3.94. The highest BCUT2D eigenvalue weighted by Gasteiger charge is 2.58. The fraction of sp³-hybridized carbons (Fsp3) is 0.793. The van der Waals surface area contributed by atoms with E-state index in [2.05, 4.69) is 53.3 Å². The highest BCUT2D eigenvalue weighted by molar-refractivity contribution is 5.26. The van der Waals surface area contributed by atoms with Gasteiger partial charge in [0, 0.05) is 0 Å². The maximum Gasteiger partial charge on any atom is 0.0577 e. The molecular weight excluding hydrogens is 364 g/mol. The van der Waals surface area contributed by atoms with Crippen LogP contribution in [0.25, 0.3) is 0 Å². The number of aliphatic hydroxyl groups excluding tert-OH is 1. The predicted octanol–water partition coefficient (Wildman–Crippen LogP) is 7.87. The van der Waals surface area contributed by atoms with E-state index in [1.54, 1.807) is 11.1 Å². The van der Waals surface area contributed by atoms with Crippen molar-refractivity contribution in [1.29, 1.82) is 0 Å². The molecule has 0 aliphatic heterocycles. The molecule has 7 atom stereocenters. The Bertz CT molecular complexity index is 727. The molecule has 168 valence electrons. The van der Waals surface area contributed by atoms with E-state index in [-0.39, 0.29) is 6.10 Å². The summed E-state index contributed by atoms with van der Waals surface area (Å²) in [6, 6.07) is 0. The summed E-state index contributed by atoms with van der Waals surface area (Å²) < 4.78 is 0. The van der Waals surface area contributed by atoms with Crippen molar-refractivity contribution in [2.45, 2.75) is 105 Å². The van der Waals surface area contributed by atoms with Crippen molar-refractivity contribution in [2.75, 3.05) is 0 Å². The topological polar surface area (TPSA) is 20.2 Å². The van der Waals surface area contributed by atoms with Gasteiger partial charge in [-0.25, -0.2) is 0 Å². The van der Waals surface area contributed by atoms with E-state index in [0.29, 0.717) is 16.7 Å². The molecule has 3 saturated carbocycles. The fourth-order valence-electron chi connectivity index (χ4n) is 8.56. The van der Waals surface area contributed by atoms with Crippen LogP contribution >= 0.6 is 0 Å². The Morgan fingerprint density at radius 3 is 2.60 bits per heavy atom. The first kappa shape index (κ1) is 22.4. The molecule has 3 fully saturated rings. The van der Waals surface area contributed by atoms with Crippen LogP contribution in [-0.4, -0.2) is 11.2 Å². The van der Waals surface area contributed by atoms with Gasteiger partial charge in [-0.1, -0.05) is 63.1 Å².